The molecule has 2 aromatic rings. The number of nitrogens with zero attached hydrogens (tertiary/aromatic N) is 1. The number of carbonyl (C=O) groups is 3. The molecule has 3 rings (SSSR count). The molecule has 1 atom stereocenters. The number of hydrogen-bond acceptors (Lipinski definition) is 5. The van der Waals surface area contributed by atoms with Crippen molar-refractivity contribution in [3.63, 3.8) is 0 Å². The quantitative estimate of drug-likeness (QED) is 0.666. The third kappa shape index (κ3) is 4.96. The minimum atomic E-state index is -0.841. The van der Waals surface area contributed by atoms with Gasteiger partial charge in [0.2, 0.25) is 11.8 Å². The summed E-state index contributed by atoms with van der Waals surface area (Å²) in [5.41, 5.74) is 1.02. The van der Waals surface area contributed by atoms with Gasteiger partial charge in [0.1, 0.15) is 17.0 Å². The van der Waals surface area contributed by atoms with E-state index in [1.165, 1.54) is 22.7 Å². The molecular weight excluding hydrogens is 414 g/mol. The summed E-state index contributed by atoms with van der Waals surface area (Å²) >= 11 is 1.28. The van der Waals surface area contributed by atoms with Crippen LogP contribution in [0.1, 0.15) is 30.7 Å². The molecule has 158 valence electrons. The van der Waals surface area contributed by atoms with E-state index in [1.807, 2.05) is 0 Å². The summed E-state index contributed by atoms with van der Waals surface area (Å²) in [5.74, 6) is -2.63. The monoisotopic (exact) mass is 434 g/mol. The number of benzene rings is 2. The molecule has 1 N–H and O–H groups in total. The Kier molecular flexibility index (Phi) is 7.04. The van der Waals surface area contributed by atoms with Crippen LogP contribution in [-0.4, -0.2) is 30.1 Å². The minimum Gasteiger partial charge on any atom is -0.466 e. The molecular formula is C21H20F2N2O4S. The van der Waals surface area contributed by atoms with Crippen molar-refractivity contribution in [1.82, 2.24) is 0 Å². The zero-order valence-corrected chi connectivity index (χ0v) is 17.0. The number of carbonyl (C=O) groups excluding carboxylic acids is 3. The summed E-state index contributed by atoms with van der Waals surface area (Å²) < 4.78 is 32.5. The molecule has 0 bridgehead atoms. The molecule has 1 fully saturated rings. The van der Waals surface area contributed by atoms with Crippen LogP contribution in [0.2, 0.25) is 0 Å². The standard InChI is InChI=1S/C21H20F2N2O4S/c1-2-29-20(28)10-9-18(26)24-16-6-4-3-5-14(16)21-25(19(27)12-30-21)17-8-7-13(22)11-15(17)23/h3-8,11,21H,2,9-10,12H2,1H3,(H,24,26). The summed E-state index contributed by atoms with van der Waals surface area (Å²) in [6.45, 7) is 1.93. The molecule has 1 heterocycles. The second kappa shape index (κ2) is 9.71. The zero-order valence-electron chi connectivity index (χ0n) is 16.2. The number of anilines is 2. The third-order valence-corrected chi connectivity index (χ3v) is 5.59. The lowest BCUT2D eigenvalue weighted by Gasteiger charge is -2.26. The van der Waals surface area contributed by atoms with E-state index in [9.17, 15) is 23.2 Å². The maximum Gasteiger partial charge on any atom is 0.306 e. The third-order valence-electron chi connectivity index (χ3n) is 4.40. The van der Waals surface area contributed by atoms with E-state index in [4.69, 9.17) is 4.74 Å². The second-order valence-electron chi connectivity index (χ2n) is 6.46. The fourth-order valence-electron chi connectivity index (χ4n) is 3.08. The molecule has 1 unspecified atom stereocenters. The highest BCUT2D eigenvalue weighted by Crippen LogP contribution is 2.44. The maximum atomic E-state index is 14.4. The molecule has 9 heteroatoms. The van der Waals surface area contributed by atoms with Gasteiger partial charge in [0.25, 0.3) is 0 Å². The number of thioether (sulfide) groups is 1. The Bertz CT molecular complexity index is 970. The second-order valence-corrected chi connectivity index (χ2v) is 7.53. The van der Waals surface area contributed by atoms with E-state index in [-0.39, 0.29) is 42.7 Å². The van der Waals surface area contributed by atoms with Gasteiger partial charge in [-0.2, -0.15) is 0 Å². The van der Waals surface area contributed by atoms with Gasteiger partial charge in [-0.05, 0) is 25.1 Å². The average Bonchev–Trinajstić information content (AvgIpc) is 3.08. The van der Waals surface area contributed by atoms with E-state index >= 15 is 0 Å². The van der Waals surface area contributed by atoms with Gasteiger partial charge in [-0.1, -0.05) is 18.2 Å². The Morgan fingerprint density at radius 2 is 1.97 bits per heavy atom. The van der Waals surface area contributed by atoms with Crippen LogP contribution < -0.4 is 10.2 Å². The number of ether oxygens (including phenoxy) is 1. The molecule has 1 saturated heterocycles. The molecule has 0 aliphatic carbocycles. The average molecular weight is 434 g/mol. The Balaban J connectivity index is 1.82. The van der Waals surface area contributed by atoms with Crippen molar-refractivity contribution in [3.8, 4) is 0 Å². The fourth-order valence-corrected chi connectivity index (χ4v) is 4.28. The van der Waals surface area contributed by atoms with Crippen LogP contribution in [0.3, 0.4) is 0 Å². The van der Waals surface area contributed by atoms with E-state index in [2.05, 4.69) is 5.32 Å². The van der Waals surface area contributed by atoms with Crippen LogP contribution in [-0.2, 0) is 19.1 Å². The minimum absolute atomic E-state index is 0.0279. The van der Waals surface area contributed by atoms with Gasteiger partial charge in [-0.25, -0.2) is 8.78 Å². The van der Waals surface area contributed by atoms with Gasteiger partial charge in [0.05, 0.1) is 24.5 Å². The predicted molar refractivity (Wildman–Crippen MR) is 110 cm³/mol. The number of hydrogen-bond donors (Lipinski definition) is 1. The number of halogens is 2. The Hall–Kier alpha value is -2.94. The van der Waals surface area contributed by atoms with Crippen LogP contribution in [0.15, 0.2) is 42.5 Å². The molecule has 1 aliphatic rings. The fraction of sp³-hybridized carbons (Fsp3) is 0.286. The lowest BCUT2D eigenvalue weighted by atomic mass is 10.1. The van der Waals surface area contributed by atoms with Crippen molar-refractivity contribution in [2.45, 2.75) is 25.1 Å². The number of rotatable bonds is 7. The zero-order chi connectivity index (χ0) is 21.7. The highest BCUT2D eigenvalue weighted by Gasteiger charge is 2.36. The largest absolute Gasteiger partial charge is 0.466 e. The van der Waals surface area contributed by atoms with E-state index in [0.29, 0.717) is 11.3 Å². The van der Waals surface area contributed by atoms with Crippen LogP contribution in [0.4, 0.5) is 20.2 Å². The van der Waals surface area contributed by atoms with Crippen LogP contribution in [0, 0.1) is 11.6 Å². The Morgan fingerprint density at radius 1 is 1.20 bits per heavy atom. The molecule has 6 nitrogen and oxygen atoms in total. The number of para-hydroxylation sites is 1. The van der Waals surface area contributed by atoms with Crippen molar-refractivity contribution in [2.24, 2.45) is 0 Å². The first-order chi connectivity index (χ1) is 14.4. The highest BCUT2D eigenvalue weighted by molar-refractivity contribution is 8.00. The Morgan fingerprint density at radius 3 is 2.70 bits per heavy atom. The predicted octanol–water partition coefficient (Wildman–Crippen LogP) is 4.03. The van der Waals surface area contributed by atoms with Crippen LogP contribution in [0.5, 0.6) is 0 Å². The lowest BCUT2D eigenvalue weighted by Crippen LogP contribution is -2.29. The van der Waals surface area contributed by atoms with Crippen molar-refractivity contribution >= 4 is 40.9 Å². The van der Waals surface area contributed by atoms with Gasteiger partial charge < -0.3 is 10.1 Å². The van der Waals surface area contributed by atoms with Crippen molar-refractivity contribution < 1.29 is 27.9 Å². The Labute approximate surface area is 176 Å². The molecule has 2 amide bonds. The smallest absolute Gasteiger partial charge is 0.306 e. The lowest BCUT2D eigenvalue weighted by molar-refractivity contribution is -0.144. The maximum absolute atomic E-state index is 14.4. The molecule has 0 spiro atoms. The molecule has 2 aromatic carbocycles. The van der Waals surface area contributed by atoms with Crippen LogP contribution in [0.25, 0.3) is 0 Å². The highest BCUT2D eigenvalue weighted by atomic mass is 32.2. The molecule has 1 aliphatic heterocycles. The first kappa shape index (κ1) is 21.8. The molecule has 0 aromatic heterocycles. The summed E-state index contributed by atoms with van der Waals surface area (Å²) in [6.07, 6.45) is -0.106. The van der Waals surface area contributed by atoms with Gasteiger partial charge in [-0.3, -0.25) is 19.3 Å². The molecule has 30 heavy (non-hydrogen) atoms. The molecule has 0 radical (unpaired) electrons. The molecule has 0 saturated carbocycles. The first-order valence-electron chi connectivity index (χ1n) is 9.33. The van der Waals surface area contributed by atoms with Gasteiger partial charge in [0.15, 0.2) is 0 Å². The van der Waals surface area contributed by atoms with Crippen molar-refractivity contribution in [2.75, 3.05) is 22.6 Å². The normalized spacial score (nSPS) is 15.9. The summed E-state index contributed by atoms with van der Waals surface area (Å²) in [7, 11) is 0. The number of nitrogens with one attached hydrogen (secondary N) is 1. The number of esters is 1. The summed E-state index contributed by atoms with van der Waals surface area (Å²) in [4.78, 5) is 37.5. The van der Waals surface area contributed by atoms with Gasteiger partial charge in [0, 0.05) is 23.7 Å². The van der Waals surface area contributed by atoms with Crippen molar-refractivity contribution in [1.29, 1.82) is 0 Å². The SMILES string of the molecule is CCOC(=O)CCC(=O)Nc1ccccc1C1SCC(=O)N1c1ccc(F)cc1F. The van der Waals surface area contributed by atoms with Gasteiger partial charge in [-0.15, -0.1) is 11.8 Å². The van der Waals surface area contributed by atoms with Crippen molar-refractivity contribution in [3.05, 3.63) is 59.7 Å². The van der Waals surface area contributed by atoms with E-state index < -0.39 is 23.0 Å². The first-order valence-corrected chi connectivity index (χ1v) is 10.4. The van der Waals surface area contributed by atoms with Crippen LogP contribution >= 0.6 is 11.8 Å². The van der Waals surface area contributed by atoms with E-state index in [0.717, 1.165) is 12.1 Å². The van der Waals surface area contributed by atoms with Gasteiger partial charge >= 0.3 is 5.97 Å². The number of amides is 2. The van der Waals surface area contributed by atoms with E-state index in [1.54, 1.807) is 31.2 Å². The summed E-state index contributed by atoms with van der Waals surface area (Å²) in [6, 6.07) is 9.90. The summed E-state index contributed by atoms with van der Waals surface area (Å²) in [5, 5.41) is 2.15. The topological polar surface area (TPSA) is 75.7 Å².